The molecule has 0 unspecified atom stereocenters. The van der Waals surface area contributed by atoms with E-state index in [0.717, 1.165) is 17.0 Å². The molecule has 5 heteroatoms. The fraction of sp³-hybridized carbons (Fsp3) is 0.235. The average Bonchev–Trinajstić information content (AvgIpc) is 2.55. The third-order valence-electron chi connectivity index (χ3n) is 3.06. The van der Waals surface area contributed by atoms with Gasteiger partial charge in [-0.1, -0.05) is 23.7 Å². The highest BCUT2D eigenvalue weighted by molar-refractivity contribution is 6.30. The maximum atomic E-state index is 9.10. The molecule has 2 aromatic carbocycles. The van der Waals surface area contributed by atoms with Gasteiger partial charge in [-0.05, 0) is 35.9 Å². The van der Waals surface area contributed by atoms with Crippen molar-refractivity contribution in [3.05, 3.63) is 58.6 Å². The number of nitriles is 1. The molecule has 1 N–H and O–H groups in total. The Morgan fingerprint density at radius 2 is 1.91 bits per heavy atom. The third kappa shape index (κ3) is 4.66. The molecule has 0 amide bonds. The predicted octanol–water partition coefficient (Wildman–Crippen LogP) is 3.85. The van der Waals surface area contributed by atoms with Crippen molar-refractivity contribution < 1.29 is 9.47 Å². The molecule has 114 valence electrons. The van der Waals surface area contributed by atoms with Gasteiger partial charge >= 0.3 is 0 Å². The van der Waals surface area contributed by atoms with Crippen molar-refractivity contribution in [3.8, 4) is 11.8 Å². The van der Waals surface area contributed by atoms with Crippen LogP contribution in [0.2, 0.25) is 5.02 Å². The van der Waals surface area contributed by atoms with Crippen LogP contribution in [0.4, 0.5) is 5.69 Å². The normalized spacial score (nSPS) is 10.0. The van der Waals surface area contributed by atoms with Crippen molar-refractivity contribution in [1.82, 2.24) is 0 Å². The summed E-state index contributed by atoms with van der Waals surface area (Å²) in [4.78, 5) is 0. The van der Waals surface area contributed by atoms with Crippen LogP contribution in [0.5, 0.6) is 5.75 Å². The molecule has 0 bridgehead atoms. The maximum absolute atomic E-state index is 9.10. The Bertz CT molecular complexity index is 651. The molecular formula is C17H17ClN2O2. The van der Waals surface area contributed by atoms with E-state index in [0.29, 0.717) is 30.3 Å². The fourth-order valence-corrected chi connectivity index (χ4v) is 2.08. The quantitative estimate of drug-likeness (QED) is 0.788. The summed E-state index contributed by atoms with van der Waals surface area (Å²) in [7, 11) is 1.64. The second-order valence-electron chi connectivity index (χ2n) is 4.64. The molecule has 0 atom stereocenters. The molecule has 0 fully saturated rings. The lowest BCUT2D eigenvalue weighted by Gasteiger charge is -2.10. The topological polar surface area (TPSA) is 54.3 Å². The summed E-state index contributed by atoms with van der Waals surface area (Å²) in [6.07, 6.45) is 0. The number of benzene rings is 2. The zero-order valence-corrected chi connectivity index (χ0v) is 13.1. The number of nitrogens with zero attached hydrogens (tertiary/aromatic N) is 1. The van der Waals surface area contributed by atoms with E-state index in [1.165, 1.54) is 0 Å². The Morgan fingerprint density at radius 1 is 1.14 bits per heavy atom. The molecule has 4 nitrogen and oxygen atoms in total. The Balaban J connectivity index is 1.93. The zero-order valence-electron chi connectivity index (χ0n) is 12.3. The first-order valence-electron chi connectivity index (χ1n) is 6.87. The lowest BCUT2D eigenvalue weighted by Crippen LogP contribution is -2.04. The van der Waals surface area contributed by atoms with Crippen LogP contribution < -0.4 is 10.1 Å². The number of nitrogens with one attached hydrogen (secondary N) is 1. The van der Waals surface area contributed by atoms with Crippen molar-refractivity contribution in [1.29, 1.82) is 5.26 Å². The van der Waals surface area contributed by atoms with Gasteiger partial charge in [-0.3, -0.25) is 0 Å². The first-order valence-corrected chi connectivity index (χ1v) is 7.25. The largest absolute Gasteiger partial charge is 0.491 e. The number of anilines is 1. The molecule has 2 aromatic rings. The summed E-state index contributed by atoms with van der Waals surface area (Å²) in [5.74, 6) is 0.810. The first-order chi connectivity index (χ1) is 10.7. The van der Waals surface area contributed by atoms with Gasteiger partial charge in [0.2, 0.25) is 0 Å². The van der Waals surface area contributed by atoms with Gasteiger partial charge in [0.25, 0.3) is 0 Å². The molecule has 0 saturated carbocycles. The van der Waals surface area contributed by atoms with Crippen LogP contribution >= 0.6 is 11.6 Å². The predicted molar refractivity (Wildman–Crippen MR) is 87.3 cm³/mol. The van der Waals surface area contributed by atoms with Gasteiger partial charge in [0.05, 0.1) is 17.9 Å². The molecule has 0 heterocycles. The van der Waals surface area contributed by atoms with Gasteiger partial charge in [-0.15, -0.1) is 0 Å². The summed E-state index contributed by atoms with van der Waals surface area (Å²) in [6.45, 7) is 1.72. The Labute approximate surface area is 135 Å². The first kappa shape index (κ1) is 16.2. The highest BCUT2D eigenvalue weighted by Gasteiger charge is 2.03. The van der Waals surface area contributed by atoms with E-state index >= 15 is 0 Å². The van der Waals surface area contributed by atoms with Gasteiger partial charge in [-0.2, -0.15) is 5.26 Å². The van der Waals surface area contributed by atoms with Gasteiger partial charge in [0, 0.05) is 18.7 Å². The number of rotatable bonds is 7. The number of hydrogen-bond donors (Lipinski definition) is 1. The monoisotopic (exact) mass is 316 g/mol. The highest BCUT2D eigenvalue weighted by atomic mass is 35.5. The van der Waals surface area contributed by atoms with Crippen LogP contribution in [0, 0.1) is 11.3 Å². The Hall–Kier alpha value is -2.22. The fourth-order valence-electron chi connectivity index (χ4n) is 1.91. The molecule has 0 radical (unpaired) electrons. The van der Waals surface area contributed by atoms with Gasteiger partial charge in [0.15, 0.2) is 0 Å². The van der Waals surface area contributed by atoms with Crippen molar-refractivity contribution in [2.45, 2.75) is 6.54 Å². The minimum absolute atomic E-state index is 0.532. The van der Waals surface area contributed by atoms with E-state index in [-0.39, 0.29) is 0 Å². The van der Waals surface area contributed by atoms with Crippen LogP contribution in [0.25, 0.3) is 0 Å². The van der Waals surface area contributed by atoms with Gasteiger partial charge < -0.3 is 14.8 Å². The molecule has 0 aromatic heterocycles. The Kier molecular flexibility index (Phi) is 6.08. The minimum Gasteiger partial charge on any atom is -0.491 e. The van der Waals surface area contributed by atoms with E-state index in [4.69, 9.17) is 26.3 Å². The maximum Gasteiger partial charge on any atom is 0.119 e. The summed E-state index contributed by atoms with van der Waals surface area (Å²) < 4.78 is 10.4. The summed E-state index contributed by atoms with van der Waals surface area (Å²) in [5.41, 5.74) is 2.40. The molecule has 2 rings (SSSR count). The number of methoxy groups -OCH3 is 1. The van der Waals surface area contributed by atoms with E-state index in [1.807, 2.05) is 30.3 Å². The molecule has 0 aliphatic carbocycles. The van der Waals surface area contributed by atoms with Crippen LogP contribution in [0.15, 0.2) is 42.5 Å². The molecule has 0 spiro atoms. The molecule has 0 saturated heterocycles. The van der Waals surface area contributed by atoms with Crippen LogP contribution in [0.1, 0.15) is 11.1 Å². The summed E-state index contributed by atoms with van der Waals surface area (Å²) >= 11 is 5.88. The van der Waals surface area contributed by atoms with E-state index in [1.54, 1.807) is 19.2 Å². The summed E-state index contributed by atoms with van der Waals surface area (Å²) in [5, 5.41) is 12.9. The van der Waals surface area contributed by atoms with Crippen LogP contribution in [0.3, 0.4) is 0 Å². The second-order valence-corrected chi connectivity index (χ2v) is 5.08. The second kappa shape index (κ2) is 8.28. The highest BCUT2D eigenvalue weighted by Crippen LogP contribution is 2.21. The molecule has 0 aliphatic heterocycles. The number of halogens is 1. The van der Waals surface area contributed by atoms with E-state index in [9.17, 15) is 0 Å². The Morgan fingerprint density at radius 3 is 2.59 bits per heavy atom. The van der Waals surface area contributed by atoms with Gasteiger partial charge in [0.1, 0.15) is 18.4 Å². The number of ether oxygens (including phenoxy) is 2. The molecular weight excluding hydrogens is 300 g/mol. The SMILES string of the molecule is COCCOc1ccc(CNc2ccc(Cl)cc2C#N)cc1. The molecule has 0 aliphatic rings. The van der Waals surface area contributed by atoms with Crippen LogP contribution in [-0.2, 0) is 11.3 Å². The van der Waals surface area contributed by atoms with Crippen LogP contribution in [-0.4, -0.2) is 20.3 Å². The minimum atomic E-state index is 0.532. The van der Waals surface area contributed by atoms with Crippen molar-refractivity contribution in [3.63, 3.8) is 0 Å². The lowest BCUT2D eigenvalue weighted by molar-refractivity contribution is 0.146. The number of hydrogen-bond acceptors (Lipinski definition) is 4. The lowest BCUT2D eigenvalue weighted by atomic mass is 10.1. The van der Waals surface area contributed by atoms with E-state index in [2.05, 4.69) is 11.4 Å². The molecule has 22 heavy (non-hydrogen) atoms. The van der Waals surface area contributed by atoms with Gasteiger partial charge in [-0.25, -0.2) is 0 Å². The smallest absolute Gasteiger partial charge is 0.119 e. The van der Waals surface area contributed by atoms with E-state index < -0.39 is 0 Å². The van der Waals surface area contributed by atoms with Crippen molar-refractivity contribution in [2.24, 2.45) is 0 Å². The summed E-state index contributed by atoms with van der Waals surface area (Å²) in [6, 6.07) is 15.2. The van der Waals surface area contributed by atoms with Crippen molar-refractivity contribution >= 4 is 17.3 Å². The third-order valence-corrected chi connectivity index (χ3v) is 3.30. The standard InChI is InChI=1S/C17H17ClN2O2/c1-21-8-9-22-16-5-2-13(3-6-16)12-20-17-7-4-15(18)10-14(17)11-19/h2-7,10,20H,8-9,12H2,1H3. The van der Waals surface area contributed by atoms with Crippen molar-refractivity contribution in [2.75, 3.05) is 25.6 Å². The average molecular weight is 317 g/mol. The zero-order chi connectivity index (χ0) is 15.8.